The number of amides is 2. The van der Waals surface area contributed by atoms with Crippen LogP contribution in [0.1, 0.15) is 51.6 Å². The summed E-state index contributed by atoms with van der Waals surface area (Å²) in [4.78, 5) is 35.0. The van der Waals surface area contributed by atoms with E-state index in [4.69, 9.17) is 5.11 Å². The average molecular weight is 334 g/mol. The first-order valence-corrected chi connectivity index (χ1v) is 8.21. The fraction of sp³-hybridized carbons (Fsp3) is 0.500. The Bertz CT molecular complexity index is 559. The predicted molar refractivity (Wildman–Crippen MR) is 91.3 cm³/mol. The van der Waals surface area contributed by atoms with Crippen molar-refractivity contribution in [3.8, 4) is 0 Å². The summed E-state index contributed by atoms with van der Waals surface area (Å²) in [5, 5.41) is 14.5. The van der Waals surface area contributed by atoms with Gasteiger partial charge in [-0.1, -0.05) is 50.6 Å². The summed E-state index contributed by atoms with van der Waals surface area (Å²) in [5.74, 6) is -1.89. The van der Waals surface area contributed by atoms with Gasteiger partial charge in [-0.3, -0.25) is 9.59 Å². The smallest absolute Gasteiger partial charge is 0.326 e. The number of rotatable bonds is 9. The molecule has 6 heteroatoms. The van der Waals surface area contributed by atoms with Crippen LogP contribution < -0.4 is 10.6 Å². The number of aliphatic carboxylic acids is 1. The second-order valence-corrected chi connectivity index (χ2v) is 5.97. The van der Waals surface area contributed by atoms with E-state index in [1.54, 1.807) is 6.92 Å². The van der Waals surface area contributed by atoms with E-state index >= 15 is 0 Å². The van der Waals surface area contributed by atoms with Crippen LogP contribution in [0.25, 0.3) is 0 Å². The first-order chi connectivity index (χ1) is 11.3. The van der Waals surface area contributed by atoms with Gasteiger partial charge < -0.3 is 15.7 Å². The van der Waals surface area contributed by atoms with Gasteiger partial charge in [-0.05, 0) is 18.4 Å². The summed E-state index contributed by atoms with van der Waals surface area (Å²) >= 11 is 0. The number of carbonyl (C=O) groups excluding carboxylic acids is 2. The zero-order valence-corrected chi connectivity index (χ0v) is 14.4. The number of hydrogen-bond donors (Lipinski definition) is 3. The maximum Gasteiger partial charge on any atom is 0.326 e. The van der Waals surface area contributed by atoms with E-state index in [0.717, 1.165) is 5.56 Å². The van der Waals surface area contributed by atoms with E-state index in [9.17, 15) is 14.4 Å². The van der Waals surface area contributed by atoms with Crippen LogP contribution in [0.2, 0.25) is 0 Å². The van der Waals surface area contributed by atoms with Crippen LogP contribution >= 0.6 is 0 Å². The van der Waals surface area contributed by atoms with Crippen molar-refractivity contribution in [2.75, 3.05) is 0 Å². The molecule has 0 saturated heterocycles. The number of nitrogens with one attached hydrogen (secondary N) is 2. The topological polar surface area (TPSA) is 95.5 Å². The molecule has 1 aromatic rings. The molecule has 0 unspecified atom stereocenters. The second kappa shape index (κ2) is 9.70. The minimum Gasteiger partial charge on any atom is -0.480 e. The molecule has 0 radical (unpaired) electrons. The average Bonchev–Trinajstić information content (AvgIpc) is 2.57. The first kappa shape index (κ1) is 19.7. The molecule has 132 valence electrons. The van der Waals surface area contributed by atoms with Crippen molar-refractivity contribution < 1.29 is 19.5 Å². The van der Waals surface area contributed by atoms with Crippen molar-refractivity contribution >= 4 is 17.8 Å². The minimum atomic E-state index is -1.06. The van der Waals surface area contributed by atoms with Gasteiger partial charge in [0.2, 0.25) is 11.8 Å². The lowest BCUT2D eigenvalue weighted by molar-refractivity contribution is -0.143. The predicted octanol–water partition coefficient (Wildman–Crippen LogP) is 2.26. The third-order valence-corrected chi connectivity index (χ3v) is 4.05. The Hall–Kier alpha value is -2.37. The van der Waals surface area contributed by atoms with Crippen molar-refractivity contribution in [3.05, 3.63) is 35.9 Å². The third kappa shape index (κ3) is 6.40. The molecule has 1 rings (SSSR count). The number of carbonyl (C=O) groups is 3. The van der Waals surface area contributed by atoms with E-state index in [1.807, 2.05) is 44.2 Å². The Labute approximate surface area is 142 Å². The van der Waals surface area contributed by atoms with Gasteiger partial charge in [0.15, 0.2) is 0 Å². The summed E-state index contributed by atoms with van der Waals surface area (Å²) in [6, 6.07) is 8.46. The van der Waals surface area contributed by atoms with Crippen LogP contribution in [0.3, 0.4) is 0 Å². The molecule has 6 nitrogen and oxygen atoms in total. The maximum atomic E-state index is 11.9. The van der Waals surface area contributed by atoms with Crippen LogP contribution in [-0.4, -0.2) is 28.9 Å². The van der Waals surface area contributed by atoms with Crippen molar-refractivity contribution in [3.63, 3.8) is 0 Å². The SMILES string of the molecule is CC[C@@H](C)[C@H](NC(=O)CCC(=O)N[C@H](C)c1ccccc1)C(=O)O. The fourth-order valence-electron chi connectivity index (χ4n) is 2.29. The Kier molecular flexibility index (Phi) is 7.95. The highest BCUT2D eigenvalue weighted by Crippen LogP contribution is 2.12. The quantitative estimate of drug-likeness (QED) is 0.645. The van der Waals surface area contributed by atoms with Gasteiger partial charge in [-0.2, -0.15) is 0 Å². The Morgan fingerprint density at radius 1 is 1.00 bits per heavy atom. The van der Waals surface area contributed by atoms with Gasteiger partial charge in [0.1, 0.15) is 6.04 Å². The third-order valence-electron chi connectivity index (χ3n) is 4.05. The maximum absolute atomic E-state index is 11.9. The van der Waals surface area contributed by atoms with Crippen molar-refractivity contribution in [2.45, 2.75) is 52.1 Å². The normalized spacial score (nSPS) is 14.3. The van der Waals surface area contributed by atoms with E-state index < -0.39 is 17.9 Å². The molecule has 1 aromatic carbocycles. The van der Waals surface area contributed by atoms with Gasteiger partial charge in [0, 0.05) is 12.8 Å². The summed E-state index contributed by atoms with van der Waals surface area (Å²) < 4.78 is 0. The van der Waals surface area contributed by atoms with Crippen LogP contribution in [0.5, 0.6) is 0 Å². The number of benzene rings is 1. The zero-order chi connectivity index (χ0) is 18.1. The first-order valence-electron chi connectivity index (χ1n) is 8.21. The second-order valence-electron chi connectivity index (χ2n) is 5.97. The Balaban J connectivity index is 2.43. The van der Waals surface area contributed by atoms with Gasteiger partial charge >= 0.3 is 5.97 Å². The summed E-state index contributed by atoms with van der Waals surface area (Å²) in [6.07, 6.45) is 0.635. The van der Waals surface area contributed by atoms with Gasteiger partial charge in [-0.15, -0.1) is 0 Å². The highest BCUT2D eigenvalue weighted by atomic mass is 16.4. The van der Waals surface area contributed by atoms with Crippen molar-refractivity contribution in [2.24, 2.45) is 5.92 Å². The van der Waals surface area contributed by atoms with Gasteiger partial charge in [0.25, 0.3) is 0 Å². The lowest BCUT2D eigenvalue weighted by atomic mass is 9.99. The monoisotopic (exact) mass is 334 g/mol. The van der Waals surface area contributed by atoms with Crippen LogP contribution in [0, 0.1) is 5.92 Å². The molecule has 0 saturated carbocycles. The van der Waals surface area contributed by atoms with Crippen LogP contribution in [0.15, 0.2) is 30.3 Å². The van der Waals surface area contributed by atoms with Crippen molar-refractivity contribution in [1.82, 2.24) is 10.6 Å². The highest BCUT2D eigenvalue weighted by molar-refractivity contribution is 5.87. The Morgan fingerprint density at radius 2 is 1.54 bits per heavy atom. The summed E-state index contributed by atoms with van der Waals surface area (Å²) in [5.41, 5.74) is 0.984. The number of carboxylic acid groups (broad SMARTS) is 1. The largest absolute Gasteiger partial charge is 0.480 e. The van der Waals surface area contributed by atoms with Crippen LogP contribution in [0.4, 0.5) is 0 Å². The van der Waals surface area contributed by atoms with E-state index in [0.29, 0.717) is 6.42 Å². The molecule has 3 N–H and O–H groups in total. The molecule has 3 atom stereocenters. The lowest BCUT2D eigenvalue weighted by Gasteiger charge is -2.20. The van der Waals surface area contributed by atoms with Crippen LogP contribution in [-0.2, 0) is 14.4 Å². The molecular weight excluding hydrogens is 308 g/mol. The van der Waals surface area contributed by atoms with Gasteiger partial charge in [0.05, 0.1) is 6.04 Å². The number of carboxylic acids is 1. The van der Waals surface area contributed by atoms with E-state index in [2.05, 4.69) is 10.6 Å². The minimum absolute atomic E-state index is 0.0237. The molecule has 2 amide bonds. The molecule has 0 aliphatic carbocycles. The number of hydrogen-bond acceptors (Lipinski definition) is 3. The van der Waals surface area contributed by atoms with E-state index in [-0.39, 0.29) is 30.7 Å². The summed E-state index contributed by atoms with van der Waals surface area (Å²) in [6.45, 7) is 5.51. The molecule has 0 aliphatic heterocycles. The summed E-state index contributed by atoms with van der Waals surface area (Å²) in [7, 11) is 0. The molecule has 0 aliphatic rings. The van der Waals surface area contributed by atoms with Gasteiger partial charge in [-0.25, -0.2) is 4.79 Å². The molecule has 0 bridgehead atoms. The highest BCUT2D eigenvalue weighted by Gasteiger charge is 2.25. The molecule has 0 heterocycles. The zero-order valence-electron chi connectivity index (χ0n) is 14.4. The molecule has 0 aromatic heterocycles. The Morgan fingerprint density at radius 3 is 2.04 bits per heavy atom. The van der Waals surface area contributed by atoms with Crippen molar-refractivity contribution in [1.29, 1.82) is 0 Å². The molecular formula is C18H26N2O4. The molecule has 24 heavy (non-hydrogen) atoms. The lowest BCUT2D eigenvalue weighted by Crippen LogP contribution is -2.45. The molecule has 0 fully saturated rings. The van der Waals surface area contributed by atoms with E-state index in [1.165, 1.54) is 0 Å². The molecule has 0 spiro atoms. The fourth-order valence-corrected chi connectivity index (χ4v) is 2.29. The standard InChI is InChI=1S/C18H26N2O4/c1-4-12(2)17(18(23)24)20-16(22)11-10-15(21)19-13(3)14-8-6-5-7-9-14/h5-9,12-13,17H,4,10-11H2,1-3H3,(H,19,21)(H,20,22)(H,23,24)/t12-,13-,17+/m1/s1.